The second kappa shape index (κ2) is 16.7. The molecule has 3 aliphatic heterocycles. The van der Waals surface area contributed by atoms with Crippen molar-refractivity contribution in [3.8, 4) is 17.2 Å². The highest BCUT2D eigenvalue weighted by Gasteiger charge is 2.37. The largest absolute Gasteiger partial charge is 1.00 e. The van der Waals surface area contributed by atoms with Crippen molar-refractivity contribution in [3.63, 3.8) is 0 Å². The van der Waals surface area contributed by atoms with Gasteiger partial charge in [-0.1, -0.05) is 24.3 Å². The Labute approximate surface area is 324 Å². The van der Waals surface area contributed by atoms with Gasteiger partial charge in [0.05, 0.1) is 45.9 Å². The summed E-state index contributed by atoms with van der Waals surface area (Å²) >= 11 is 0. The van der Waals surface area contributed by atoms with Crippen LogP contribution in [0.25, 0.3) is 10.9 Å². The average molecular weight is 804 g/mol. The van der Waals surface area contributed by atoms with Crippen LogP contribution in [0.2, 0.25) is 0 Å². The minimum atomic E-state index is -0.818. The fourth-order valence-corrected chi connectivity index (χ4v) is 7.71. The molecule has 1 atom stereocenters. The molecular formula is C42H45BrF2N4O5. The number of nitrogens with one attached hydrogen (secondary N) is 1. The maximum Gasteiger partial charge on any atom is 0.263 e. The molecule has 1 N–H and O–H groups in total. The summed E-state index contributed by atoms with van der Waals surface area (Å²) in [6.07, 6.45) is 2.94. The number of quaternary nitrogens is 1. The maximum absolute atomic E-state index is 14.0. The molecule has 0 aliphatic carbocycles. The van der Waals surface area contributed by atoms with E-state index < -0.39 is 29.1 Å². The summed E-state index contributed by atoms with van der Waals surface area (Å²) < 4.78 is 47.1. The molecule has 2 bridgehead atoms. The lowest BCUT2D eigenvalue weighted by Crippen LogP contribution is -3.00. The fourth-order valence-electron chi connectivity index (χ4n) is 7.71. The zero-order chi connectivity index (χ0) is 37.1. The molecule has 1 unspecified atom stereocenters. The number of pyridine rings is 1. The van der Waals surface area contributed by atoms with Crippen molar-refractivity contribution in [2.75, 3.05) is 71.5 Å². The molecule has 284 valence electrons. The van der Waals surface area contributed by atoms with E-state index in [9.17, 15) is 18.4 Å². The third-order valence-corrected chi connectivity index (χ3v) is 10.8. The van der Waals surface area contributed by atoms with Gasteiger partial charge in [-0.15, -0.1) is 0 Å². The fraction of sp³-hybridized carbons (Fsp3) is 0.333. The van der Waals surface area contributed by atoms with Crippen LogP contribution in [-0.2, 0) is 6.42 Å². The van der Waals surface area contributed by atoms with Gasteiger partial charge < -0.3 is 45.6 Å². The highest BCUT2D eigenvalue weighted by atomic mass is 79.9. The first-order valence-electron chi connectivity index (χ1n) is 18.2. The van der Waals surface area contributed by atoms with Gasteiger partial charge in [-0.25, -0.2) is 8.78 Å². The zero-order valence-corrected chi connectivity index (χ0v) is 32.3. The van der Waals surface area contributed by atoms with Crippen molar-refractivity contribution in [2.45, 2.75) is 25.9 Å². The molecule has 0 saturated carbocycles. The molecular weight excluding hydrogens is 758 g/mol. The Morgan fingerprint density at radius 3 is 2.11 bits per heavy atom. The normalized spacial score (nSPS) is 18.1. The van der Waals surface area contributed by atoms with Gasteiger partial charge in [0, 0.05) is 73.6 Å². The van der Waals surface area contributed by atoms with Crippen LogP contribution in [0.1, 0.15) is 46.5 Å². The Morgan fingerprint density at radius 1 is 0.852 bits per heavy atom. The van der Waals surface area contributed by atoms with Gasteiger partial charge in [0.25, 0.3) is 5.91 Å². The summed E-state index contributed by atoms with van der Waals surface area (Å²) in [7, 11) is 3.21. The number of hydrogen-bond donors (Lipinski definition) is 1. The molecule has 3 fully saturated rings. The molecule has 0 spiro atoms. The second-order valence-corrected chi connectivity index (χ2v) is 14.0. The molecule has 1 amide bonds. The number of ether oxygens (including phenoxy) is 3. The van der Waals surface area contributed by atoms with Gasteiger partial charge in [-0.3, -0.25) is 14.5 Å². The predicted octanol–water partition coefficient (Wildman–Crippen LogP) is 3.74. The second-order valence-electron chi connectivity index (χ2n) is 14.0. The number of methoxy groups -OCH3 is 2. The van der Waals surface area contributed by atoms with E-state index in [2.05, 4.69) is 34.1 Å². The number of carbonyl (C=O) groups excluding carboxylic acids is 1. The van der Waals surface area contributed by atoms with E-state index in [1.165, 1.54) is 62.1 Å². The number of aromatic nitrogens is 1. The number of hydrogen-bond acceptors (Lipinski definition) is 6. The third kappa shape index (κ3) is 8.30. The van der Waals surface area contributed by atoms with Gasteiger partial charge in [0.15, 0.2) is 0 Å². The lowest BCUT2D eigenvalue weighted by molar-refractivity contribution is -0.941. The topological polar surface area (TPSA) is 84.1 Å². The number of amides is 1. The minimum Gasteiger partial charge on any atom is -1.00 e. The summed E-state index contributed by atoms with van der Waals surface area (Å²) in [5, 5.41) is 0.269. The highest BCUT2D eigenvalue weighted by molar-refractivity contribution is 6.07. The Hall–Kier alpha value is -4.78. The van der Waals surface area contributed by atoms with E-state index in [-0.39, 0.29) is 40.2 Å². The van der Waals surface area contributed by atoms with Crippen molar-refractivity contribution in [1.82, 2.24) is 9.88 Å². The van der Waals surface area contributed by atoms with E-state index in [1.807, 2.05) is 18.2 Å². The number of halogens is 3. The Kier molecular flexibility index (Phi) is 12.0. The number of benzene rings is 4. The number of nitrogens with zero attached hydrogens (tertiary/aromatic N) is 3. The lowest BCUT2D eigenvalue weighted by atomic mass is 9.98. The van der Waals surface area contributed by atoms with Gasteiger partial charge in [-0.2, -0.15) is 0 Å². The lowest BCUT2D eigenvalue weighted by Gasteiger charge is -2.50. The van der Waals surface area contributed by atoms with Crippen LogP contribution in [0.4, 0.5) is 14.5 Å². The molecule has 4 aromatic carbocycles. The van der Waals surface area contributed by atoms with Gasteiger partial charge in [0.2, 0.25) is 5.43 Å². The predicted molar refractivity (Wildman–Crippen MR) is 201 cm³/mol. The number of rotatable bonds is 13. The van der Waals surface area contributed by atoms with Crippen LogP contribution >= 0.6 is 0 Å². The van der Waals surface area contributed by atoms with E-state index >= 15 is 0 Å². The molecule has 9 nitrogen and oxygen atoms in total. The quantitative estimate of drug-likeness (QED) is 0.183. The van der Waals surface area contributed by atoms with E-state index in [4.69, 9.17) is 14.2 Å². The summed E-state index contributed by atoms with van der Waals surface area (Å²) in [5.74, 6) is -0.571. The van der Waals surface area contributed by atoms with Crippen LogP contribution in [0, 0.1) is 11.6 Å². The average Bonchev–Trinajstić information content (AvgIpc) is 3.17. The van der Waals surface area contributed by atoms with Crippen LogP contribution in [0.15, 0.2) is 89.9 Å². The number of piperazine rings is 3. The first kappa shape index (κ1) is 38.9. The van der Waals surface area contributed by atoms with Crippen molar-refractivity contribution < 1.29 is 49.3 Å². The standard InChI is InChI=1S/C42H44F2N4O5.BrH/c1-4-47(33-23-31(43)22-32(44)24-33)42(50)38-27-45-39-26-34(11-12-37(39)40(38)49)53-41(30-20-35(51-2)25-36(21-30)52-3)29-9-7-28(8-10-29)6-5-16-48-17-13-46(14-18-48)15-19-48;/h7-12,20-27,41H,4-6,13-19H2,1-3H3;1H. The SMILES string of the molecule is CCN(C(=O)c1c[nH]c2cc(OC(c3ccc(CCC[N+]45CCN(CC4)CC5)cc3)c3cc(OC)cc(OC)c3)ccc2c1=O)c1cc(F)cc(F)c1.[Br-]. The van der Waals surface area contributed by atoms with Crippen molar-refractivity contribution in [3.05, 3.63) is 129 Å². The molecule has 12 heteroatoms. The van der Waals surface area contributed by atoms with Crippen LogP contribution < -0.4 is 41.5 Å². The van der Waals surface area contributed by atoms with Crippen LogP contribution in [0.3, 0.4) is 0 Å². The summed E-state index contributed by atoms with van der Waals surface area (Å²) in [5.41, 5.74) is 2.85. The highest BCUT2D eigenvalue weighted by Crippen LogP contribution is 2.35. The van der Waals surface area contributed by atoms with Crippen LogP contribution in [-0.4, -0.2) is 86.9 Å². The molecule has 0 radical (unpaired) electrons. The number of H-pyrrole nitrogens is 1. The smallest absolute Gasteiger partial charge is 0.263 e. The van der Waals surface area contributed by atoms with Crippen molar-refractivity contribution in [2.24, 2.45) is 0 Å². The monoisotopic (exact) mass is 802 g/mol. The minimum absolute atomic E-state index is 0. The van der Waals surface area contributed by atoms with E-state index in [0.29, 0.717) is 22.8 Å². The van der Waals surface area contributed by atoms with Gasteiger partial charge in [0.1, 0.15) is 40.6 Å². The van der Waals surface area contributed by atoms with Crippen molar-refractivity contribution in [1.29, 1.82) is 0 Å². The molecule has 3 aliphatic rings. The number of aromatic amines is 1. The first-order chi connectivity index (χ1) is 25.7. The van der Waals surface area contributed by atoms with Crippen molar-refractivity contribution >= 4 is 22.5 Å². The zero-order valence-electron chi connectivity index (χ0n) is 30.7. The number of fused-ring (bicyclic) bond motifs is 4. The van der Waals surface area contributed by atoms with Gasteiger partial charge >= 0.3 is 0 Å². The number of aryl methyl sites for hydroxylation is 1. The third-order valence-electron chi connectivity index (χ3n) is 10.8. The molecule has 5 aromatic rings. The number of anilines is 1. The Morgan fingerprint density at radius 2 is 1.50 bits per heavy atom. The molecule has 1 aromatic heterocycles. The maximum atomic E-state index is 14.0. The van der Waals surface area contributed by atoms with E-state index in [0.717, 1.165) is 47.1 Å². The molecule has 4 heterocycles. The van der Waals surface area contributed by atoms with E-state index in [1.54, 1.807) is 39.3 Å². The molecule has 3 saturated heterocycles. The summed E-state index contributed by atoms with van der Waals surface area (Å²) in [6, 6.07) is 22.1. The molecule has 8 rings (SSSR count). The first-order valence-corrected chi connectivity index (χ1v) is 18.2. The number of carbonyl (C=O) groups is 1. The van der Waals surface area contributed by atoms with Crippen LogP contribution in [0.5, 0.6) is 17.2 Å². The summed E-state index contributed by atoms with van der Waals surface area (Å²) in [4.78, 5) is 33.9. The Balaban J connectivity index is 0.00000497. The molecule has 54 heavy (non-hydrogen) atoms. The Bertz CT molecular complexity index is 2120. The van der Waals surface area contributed by atoms with Gasteiger partial charge in [-0.05, 0) is 60.9 Å². The summed E-state index contributed by atoms with van der Waals surface area (Å²) in [6.45, 7) is 10.4.